The van der Waals surface area contributed by atoms with E-state index in [0.29, 0.717) is 12.3 Å². The molecule has 94 valence electrons. The van der Waals surface area contributed by atoms with Gasteiger partial charge in [-0.1, -0.05) is 24.3 Å². The first-order valence-corrected chi connectivity index (χ1v) is 6.04. The normalized spacial score (nSPS) is 10.3. The number of hydrogen-bond acceptors (Lipinski definition) is 3. The molecule has 0 aliphatic carbocycles. The lowest BCUT2D eigenvalue weighted by Crippen LogP contribution is -1.92. The molecule has 0 amide bonds. The number of pyridine rings is 1. The minimum atomic E-state index is 0.426. The Morgan fingerprint density at radius 3 is 2.47 bits per heavy atom. The predicted molar refractivity (Wildman–Crippen MR) is 74.7 cm³/mol. The summed E-state index contributed by atoms with van der Waals surface area (Å²) in [5.41, 5.74) is 2.46. The zero-order valence-corrected chi connectivity index (χ0v) is 10.7. The van der Waals surface area contributed by atoms with Crippen LogP contribution < -0.4 is 4.74 Å². The van der Waals surface area contributed by atoms with Crippen LogP contribution in [0.2, 0.25) is 0 Å². The van der Waals surface area contributed by atoms with Gasteiger partial charge in [-0.05, 0) is 36.8 Å². The van der Waals surface area contributed by atoms with Crippen LogP contribution in [0.1, 0.15) is 12.6 Å². The lowest BCUT2D eigenvalue weighted by Gasteiger charge is -2.05. The molecule has 0 saturated carbocycles. The topological polar surface area (TPSA) is 45.9 Å². The maximum Gasteiger partial charge on any atom is 0.140 e. The summed E-state index contributed by atoms with van der Waals surface area (Å²) >= 11 is 0. The van der Waals surface area contributed by atoms with Gasteiger partial charge in [0, 0.05) is 11.8 Å². The summed E-state index contributed by atoms with van der Waals surface area (Å²) < 4.78 is 5.53. The molecule has 2 rings (SSSR count). The third-order valence-electron chi connectivity index (χ3n) is 2.65. The van der Waals surface area contributed by atoms with Gasteiger partial charge in [-0.15, -0.1) is 0 Å². The van der Waals surface area contributed by atoms with Gasteiger partial charge in [0.15, 0.2) is 0 Å². The summed E-state index contributed by atoms with van der Waals surface area (Å²) in [4.78, 5) is 4.06. The lowest BCUT2D eigenvalue weighted by molar-refractivity contribution is 0.363. The van der Waals surface area contributed by atoms with E-state index >= 15 is 0 Å². The number of hydrogen-bond donors (Lipinski definition) is 0. The minimum Gasteiger partial charge on any atom is -0.490 e. The van der Waals surface area contributed by atoms with E-state index in [1.165, 1.54) is 0 Å². The van der Waals surface area contributed by atoms with Gasteiger partial charge in [0.05, 0.1) is 0 Å². The quantitative estimate of drug-likeness (QED) is 0.779. The van der Waals surface area contributed by atoms with Crippen molar-refractivity contribution in [2.75, 3.05) is 6.61 Å². The fourth-order valence-corrected chi connectivity index (χ4v) is 1.61. The summed E-state index contributed by atoms with van der Waals surface area (Å²) in [6, 6.07) is 13.4. The Kier molecular flexibility index (Phi) is 4.30. The van der Waals surface area contributed by atoms with Gasteiger partial charge >= 0.3 is 0 Å². The lowest BCUT2D eigenvalue weighted by atomic mass is 10.1. The maximum atomic E-state index is 8.70. The van der Waals surface area contributed by atoms with Crippen LogP contribution in [0.15, 0.2) is 54.7 Å². The molecule has 0 spiro atoms. The number of ether oxygens (including phenoxy) is 1. The average molecular weight is 250 g/mol. The van der Waals surface area contributed by atoms with E-state index in [0.717, 1.165) is 16.9 Å². The summed E-state index contributed by atoms with van der Waals surface area (Å²) in [7, 11) is 0. The van der Waals surface area contributed by atoms with Crippen molar-refractivity contribution in [2.24, 2.45) is 0 Å². The second-order valence-corrected chi connectivity index (χ2v) is 3.95. The van der Waals surface area contributed by atoms with Crippen LogP contribution in [0, 0.1) is 11.3 Å². The first-order chi connectivity index (χ1) is 9.33. The number of nitrogens with zero attached hydrogens (tertiary/aromatic N) is 2. The van der Waals surface area contributed by atoms with Crippen molar-refractivity contribution in [3.63, 3.8) is 0 Å². The molecule has 0 N–H and O–H groups in total. The van der Waals surface area contributed by atoms with Crippen LogP contribution in [0.5, 0.6) is 5.75 Å². The monoisotopic (exact) mass is 250 g/mol. The van der Waals surface area contributed by atoms with Crippen molar-refractivity contribution >= 4 is 0 Å². The van der Waals surface area contributed by atoms with E-state index in [2.05, 4.69) is 4.98 Å². The molecule has 19 heavy (non-hydrogen) atoms. The molecule has 1 heterocycles. The second kappa shape index (κ2) is 6.36. The van der Waals surface area contributed by atoms with Crippen LogP contribution in [-0.2, 0) is 0 Å². The molecule has 1 aromatic carbocycles. The molecule has 0 saturated heterocycles. The van der Waals surface area contributed by atoms with Gasteiger partial charge < -0.3 is 4.74 Å². The van der Waals surface area contributed by atoms with Gasteiger partial charge in [0.1, 0.15) is 24.1 Å². The summed E-state index contributed by atoms with van der Waals surface area (Å²) in [6.07, 6.45) is 5.61. The minimum absolute atomic E-state index is 0.426. The highest BCUT2D eigenvalue weighted by atomic mass is 16.5. The Hall–Kier alpha value is -2.60. The van der Waals surface area contributed by atoms with E-state index in [1.807, 2.05) is 55.5 Å². The first kappa shape index (κ1) is 12.8. The van der Waals surface area contributed by atoms with E-state index in [1.54, 1.807) is 12.3 Å². The molecule has 0 bridgehead atoms. The Morgan fingerprint density at radius 2 is 1.89 bits per heavy atom. The molecular weight excluding hydrogens is 236 g/mol. The highest BCUT2D eigenvalue weighted by molar-refractivity contribution is 5.63. The molecule has 0 aliphatic heterocycles. The number of aromatic nitrogens is 1. The zero-order chi connectivity index (χ0) is 13.5. The standard InChI is InChI=1S/C16H14N2O/c1-2-3-10-19-16-8-5-13(6-9-16)14-4-7-15(11-17)18-12-14/h2-9,12H,10H2,1H3. The second-order valence-electron chi connectivity index (χ2n) is 3.95. The average Bonchev–Trinajstić information content (AvgIpc) is 2.48. The van der Waals surface area contributed by atoms with Gasteiger partial charge in [0.2, 0.25) is 0 Å². The molecule has 0 radical (unpaired) electrons. The Bertz CT molecular complexity index is 592. The highest BCUT2D eigenvalue weighted by Gasteiger charge is 1.99. The highest BCUT2D eigenvalue weighted by Crippen LogP contribution is 2.21. The third-order valence-corrected chi connectivity index (χ3v) is 2.65. The van der Waals surface area contributed by atoms with Crippen LogP contribution in [0.3, 0.4) is 0 Å². The summed E-state index contributed by atoms with van der Waals surface area (Å²) in [6.45, 7) is 2.54. The molecule has 1 aromatic heterocycles. The summed E-state index contributed by atoms with van der Waals surface area (Å²) in [5.74, 6) is 0.837. The Labute approximate surface area is 112 Å². The number of rotatable bonds is 4. The largest absolute Gasteiger partial charge is 0.490 e. The SMILES string of the molecule is CC=CCOc1ccc(-c2ccc(C#N)nc2)cc1. The number of nitriles is 1. The molecule has 2 aromatic rings. The molecule has 0 atom stereocenters. The van der Waals surface area contributed by atoms with Crippen LogP contribution in [-0.4, -0.2) is 11.6 Å². The number of allylic oxidation sites excluding steroid dienone is 1. The van der Waals surface area contributed by atoms with Crippen molar-refractivity contribution in [3.05, 3.63) is 60.4 Å². The molecular formula is C16H14N2O. The third kappa shape index (κ3) is 3.43. The fourth-order valence-electron chi connectivity index (χ4n) is 1.61. The fraction of sp³-hybridized carbons (Fsp3) is 0.125. The molecule has 0 unspecified atom stereocenters. The Balaban J connectivity index is 2.11. The van der Waals surface area contributed by atoms with Crippen LogP contribution in [0.4, 0.5) is 0 Å². The van der Waals surface area contributed by atoms with E-state index in [-0.39, 0.29) is 0 Å². The zero-order valence-electron chi connectivity index (χ0n) is 10.7. The van der Waals surface area contributed by atoms with Gasteiger partial charge in [-0.25, -0.2) is 4.98 Å². The number of benzene rings is 1. The molecule has 3 nitrogen and oxygen atoms in total. The van der Waals surface area contributed by atoms with Crippen molar-refractivity contribution in [2.45, 2.75) is 6.92 Å². The Morgan fingerprint density at radius 1 is 1.16 bits per heavy atom. The van der Waals surface area contributed by atoms with Crippen LogP contribution >= 0.6 is 0 Å². The first-order valence-electron chi connectivity index (χ1n) is 6.04. The van der Waals surface area contributed by atoms with Crippen molar-refractivity contribution in [3.8, 4) is 22.9 Å². The van der Waals surface area contributed by atoms with Crippen molar-refractivity contribution in [1.29, 1.82) is 5.26 Å². The van der Waals surface area contributed by atoms with Crippen molar-refractivity contribution < 1.29 is 4.74 Å². The molecule has 3 heteroatoms. The van der Waals surface area contributed by atoms with E-state index in [9.17, 15) is 0 Å². The van der Waals surface area contributed by atoms with E-state index < -0.39 is 0 Å². The summed E-state index contributed by atoms with van der Waals surface area (Å²) in [5, 5.41) is 8.70. The van der Waals surface area contributed by atoms with E-state index in [4.69, 9.17) is 10.00 Å². The van der Waals surface area contributed by atoms with Crippen molar-refractivity contribution in [1.82, 2.24) is 4.98 Å². The van der Waals surface area contributed by atoms with Crippen LogP contribution in [0.25, 0.3) is 11.1 Å². The molecule has 0 aliphatic rings. The van der Waals surface area contributed by atoms with Gasteiger partial charge in [0.25, 0.3) is 0 Å². The van der Waals surface area contributed by atoms with Gasteiger partial charge in [-0.3, -0.25) is 0 Å². The maximum absolute atomic E-state index is 8.70. The molecule has 0 fully saturated rings. The van der Waals surface area contributed by atoms with Gasteiger partial charge in [-0.2, -0.15) is 5.26 Å². The smallest absolute Gasteiger partial charge is 0.140 e. The predicted octanol–water partition coefficient (Wildman–Crippen LogP) is 3.58.